The first-order valence-corrected chi connectivity index (χ1v) is 11.8. The summed E-state index contributed by atoms with van der Waals surface area (Å²) < 4.78 is 15.0. The molecular weight excluding hydrogens is 432 g/mol. The number of fused-ring (bicyclic) bond motifs is 2. The van der Waals surface area contributed by atoms with Crippen molar-refractivity contribution in [3.8, 4) is 6.01 Å². The van der Waals surface area contributed by atoms with Gasteiger partial charge < -0.3 is 19.1 Å². The van der Waals surface area contributed by atoms with Crippen LogP contribution in [0.2, 0.25) is 5.02 Å². The summed E-state index contributed by atoms with van der Waals surface area (Å²) in [5.74, 6) is 0.955. The molecule has 0 amide bonds. The lowest BCUT2D eigenvalue weighted by Crippen LogP contribution is -2.40. The normalized spacial score (nSPS) is 18.9. The van der Waals surface area contributed by atoms with Crippen LogP contribution in [-0.4, -0.2) is 46.5 Å². The zero-order valence-corrected chi connectivity index (χ0v) is 19.0. The molecule has 1 saturated heterocycles. The lowest BCUT2D eigenvalue weighted by molar-refractivity contribution is 0.376. The molecule has 31 heavy (non-hydrogen) atoms. The van der Waals surface area contributed by atoms with E-state index in [1.165, 1.54) is 5.56 Å². The van der Waals surface area contributed by atoms with Crippen LogP contribution in [0.5, 0.6) is 6.01 Å². The van der Waals surface area contributed by atoms with Gasteiger partial charge in [-0.15, -0.1) is 0 Å². The molecule has 1 fully saturated rings. The maximum Gasteiger partial charge on any atom is 0.318 e. The summed E-state index contributed by atoms with van der Waals surface area (Å²) in [6, 6.07) is 12.7. The number of hydrogen-bond acceptors (Lipinski definition) is 7. The van der Waals surface area contributed by atoms with Crippen LogP contribution < -0.4 is 14.5 Å². The van der Waals surface area contributed by atoms with Crippen molar-refractivity contribution in [2.24, 2.45) is 0 Å². The third-order valence-electron chi connectivity index (χ3n) is 6.20. The number of ether oxygens (including phenoxy) is 1. The number of methoxy groups -OCH3 is 1. The van der Waals surface area contributed by atoms with Gasteiger partial charge >= 0.3 is 6.01 Å². The third-order valence-corrected chi connectivity index (χ3v) is 7.20. The molecule has 0 saturated carbocycles. The van der Waals surface area contributed by atoms with Crippen LogP contribution >= 0.6 is 23.6 Å². The SMILES string of the molecule is COc1nc2c(c(N3CCCC(SO)C3)n1)CCN(c1cccc3cccc(Cl)c13)C2. The molecule has 0 bridgehead atoms. The Kier molecular flexibility index (Phi) is 5.82. The van der Waals surface area contributed by atoms with Gasteiger partial charge in [0.1, 0.15) is 5.82 Å². The number of benzene rings is 2. The smallest absolute Gasteiger partial charge is 0.318 e. The summed E-state index contributed by atoms with van der Waals surface area (Å²) in [5.41, 5.74) is 3.31. The average molecular weight is 457 g/mol. The van der Waals surface area contributed by atoms with E-state index < -0.39 is 0 Å². The summed E-state index contributed by atoms with van der Waals surface area (Å²) in [5, 5.41) is 3.19. The number of piperidine rings is 1. The Morgan fingerprint density at radius 2 is 1.97 bits per heavy atom. The zero-order valence-electron chi connectivity index (χ0n) is 17.4. The third kappa shape index (κ3) is 3.90. The van der Waals surface area contributed by atoms with Crippen molar-refractivity contribution in [1.29, 1.82) is 0 Å². The van der Waals surface area contributed by atoms with Gasteiger partial charge in [0, 0.05) is 41.5 Å². The molecule has 8 heteroatoms. The van der Waals surface area contributed by atoms with Gasteiger partial charge in [-0.3, -0.25) is 0 Å². The Labute approximate surface area is 191 Å². The molecule has 2 aliphatic rings. The summed E-state index contributed by atoms with van der Waals surface area (Å²) >= 11 is 7.54. The summed E-state index contributed by atoms with van der Waals surface area (Å²) in [4.78, 5) is 14.1. The Bertz CT molecular complexity index is 1110. The van der Waals surface area contributed by atoms with Gasteiger partial charge in [0.2, 0.25) is 0 Å². The lowest BCUT2D eigenvalue weighted by atomic mass is 10.0. The van der Waals surface area contributed by atoms with Crippen LogP contribution in [0.25, 0.3) is 10.8 Å². The van der Waals surface area contributed by atoms with Crippen LogP contribution in [0.15, 0.2) is 36.4 Å². The van der Waals surface area contributed by atoms with Crippen molar-refractivity contribution < 1.29 is 9.29 Å². The molecule has 0 spiro atoms. The first-order valence-electron chi connectivity index (χ1n) is 10.6. The Morgan fingerprint density at radius 3 is 2.77 bits per heavy atom. The second-order valence-electron chi connectivity index (χ2n) is 8.06. The minimum atomic E-state index is 0.211. The molecule has 2 aromatic carbocycles. The van der Waals surface area contributed by atoms with E-state index in [1.54, 1.807) is 7.11 Å². The Morgan fingerprint density at radius 1 is 1.13 bits per heavy atom. The van der Waals surface area contributed by atoms with Gasteiger partial charge in [0.25, 0.3) is 0 Å². The fraction of sp³-hybridized carbons (Fsp3) is 0.391. The summed E-state index contributed by atoms with van der Waals surface area (Å²) in [6.45, 7) is 3.27. The molecule has 1 atom stereocenters. The molecule has 1 aromatic heterocycles. The highest BCUT2D eigenvalue weighted by Crippen LogP contribution is 2.37. The van der Waals surface area contributed by atoms with Crippen molar-refractivity contribution in [1.82, 2.24) is 9.97 Å². The van der Waals surface area contributed by atoms with Crippen molar-refractivity contribution in [2.75, 3.05) is 36.5 Å². The fourth-order valence-electron chi connectivity index (χ4n) is 4.70. The number of rotatable bonds is 4. The minimum Gasteiger partial charge on any atom is -0.467 e. The van der Waals surface area contributed by atoms with Crippen LogP contribution in [0.3, 0.4) is 0 Å². The highest BCUT2D eigenvalue weighted by molar-refractivity contribution is 7.94. The standard InChI is InChI=1S/C23H25ClN4O2S/c1-30-23-25-19-14-27(20-9-3-6-15-5-2-8-18(24)21(15)20)12-10-17(19)22(26-23)28-11-4-7-16(13-28)31-29/h2-3,5-6,8-9,16,29H,4,7,10-14H2,1H3. The number of halogens is 1. The quantitative estimate of drug-likeness (QED) is 0.552. The number of anilines is 2. The van der Waals surface area contributed by atoms with Crippen LogP contribution in [0, 0.1) is 0 Å². The molecule has 2 aliphatic heterocycles. The second kappa shape index (κ2) is 8.73. The molecule has 0 radical (unpaired) electrons. The molecular formula is C23H25ClN4O2S. The first kappa shape index (κ1) is 20.7. The average Bonchev–Trinajstić information content (AvgIpc) is 2.82. The predicted molar refractivity (Wildman–Crippen MR) is 128 cm³/mol. The van der Waals surface area contributed by atoms with E-state index in [0.29, 0.717) is 12.6 Å². The molecule has 6 nitrogen and oxygen atoms in total. The van der Waals surface area contributed by atoms with E-state index in [0.717, 1.165) is 83.9 Å². The van der Waals surface area contributed by atoms with E-state index in [9.17, 15) is 4.55 Å². The van der Waals surface area contributed by atoms with Gasteiger partial charge in [-0.25, -0.2) is 0 Å². The van der Waals surface area contributed by atoms with Crippen molar-refractivity contribution in [2.45, 2.75) is 31.1 Å². The summed E-state index contributed by atoms with van der Waals surface area (Å²) in [6.07, 6.45) is 2.92. The monoisotopic (exact) mass is 456 g/mol. The predicted octanol–water partition coefficient (Wildman–Crippen LogP) is 5.03. The van der Waals surface area contributed by atoms with E-state index in [-0.39, 0.29) is 5.25 Å². The van der Waals surface area contributed by atoms with E-state index in [2.05, 4.69) is 34.1 Å². The maximum atomic E-state index is 9.58. The number of nitrogens with zero attached hydrogens (tertiary/aromatic N) is 4. The topological polar surface area (TPSA) is 61.7 Å². The fourth-order valence-corrected chi connectivity index (χ4v) is 5.50. The van der Waals surface area contributed by atoms with E-state index in [4.69, 9.17) is 26.3 Å². The van der Waals surface area contributed by atoms with Crippen LogP contribution in [0.1, 0.15) is 24.1 Å². The van der Waals surface area contributed by atoms with E-state index >= 15 is 0 Å². The molecule has 0 aliphatic carbocycles. The zero-order chi connectivity index (χ0) is 21.4. The highest BCUT2D eigenvalue weighted by atomic mass is 35.5. The molecule has 3 heterocycles. The first-order chi connectivity index (χ1) is 15.2. The van der Waals surface area contributed by atoms with Crippen molar-refractivity contribution in [3.05, 3.63) is 52.7 Å². The molecule has 3 aromatic rings. The van der Waals surface area contributed by atoms with Gasteiger partial charge in [-0.2, -0.15) is 9.97 Å². The van der Waals surface area contributed by atoms with Gasteiger partial charge in [0.05, 0.1) is 24.4 Å². The maximum absolute atomic E-state index is 9.58. The molecule has 1 N–H and O–H groups in total. The molecule has 5 rings (SSSR count). The largest absolute Gasteiger partial charge is 0.467 e. The van der Waals surface area contributed by atoms with Crippen LogP contribution in [0.4, 0.5) is 11.5 Å². The van der Waals surface area contributed by atoms with Gasteiger partial charge in [0.15, 0.2) is 0 Å². The molecule has 1 unspecified atom stereocenters. The van der Waals surface area contributed by atoms with Crippen molar-refractivity contribution in [3.63, 3.8) is 0 Å². The second-order valence-corrected chi connectivity index (χ2v) is 9.35. The van der Waals surface area contributed by atoms with Gasteiger partial charge in [-0.1, -0.05) is 35.9 Å². The number of hydrogen-bond donors (Lipinski definition) is 1. The Balaban J connectivity index is 1.52. The number of aromatic nitrogens is 2. The van der Waals surface area contributed by atoms with Crippen LogP contribution in [-0.2, 0) is 13.0 Å². The Hall–Kier alpha value is -2.22. The molecule has 162 valence electrons. The minimum absolute atomic E-state index is 0.211. The van der Waals surface area contributed by atoms with E-state index in [1.807, 2.05) is 12.1 Å². The lowest BCUT2D eigenvalue weighted by Gasteiger charge is -2.36. The highest BCUT2D eigenvalue weighted by Gasteiger charge is 2.29. The van der Waals surface area contributed by atoms with Gasteiger partial charge in [-0.05, 0) is 48.8 Å². The van der Waals surface area contributed by atoms with Crippen molar-refractivity contribution >= 4 is 45.9 Å². The summed E-state index contributed by atoms with van der Waals surface area (Å²) in [7, 11) is 1.61.